The molecule has 1 fully saturated rings. The lowest BCUT2D eigenvalue weighted by Crippen LogP contribution is -2.58. The topological polar surface area (TPSA) is 119 Å². The maximum atomic E-state index is 13.7. The van der Waals surface area contributed by atoms with E-state index in [2.05, 4.69) is 10.6 Å². The number of aromatic hydroxyl groups is 1. The van der Waals surface area contributed by atoms with Crippen molar-refractivity contribution in [2.75, 3.05) is 12.4 Å². The average molecular weight is 540 g/mol. The number of benzene rings is 2. The number of aliphatic hydroxyl groups is 1. The van der Waals surface area contributed by atoms with E-state index in [-0.39, 0.29) is 29.5 Å². The van der Waals surface area contributed by atoms with Gasteiger partial charge in [0.1, 0.15) is 11.8 Å². The Bertz CT molecular complexity index is 1190. The Morgan fingerprint density at radius 3 is 2.47 bits per heavy atom. The van der Waals surface area contributed by atoms with Gasteiger partial charge in [-0.2, -0.15) is 0 Å². The van der Waals surface area contributed by atoms with Gasteiger partial charge in [-0.05, 0) is 58.7 Å². The molecule has 3 rings (SSSR count). The number of phenolic OH excluding ortho intramolecular Hbond substituents is 1. The lowest BCUT2D eigenvalue weighted by atomic mass is 9.96. The molecule has 38 heavy (non-hydrogen) atoms. The van der Waals surface area contributed by atoms with E-state index in [1.807, 2.05) is 64.1 Å². The van der Waals surface area contributed by atoms with E-state index in [4.69, 9.17) is 0 Å². The van der Waals surface area contributed by atoms with E-state index < -0.39 is 34.7 Å². The van der Waals surface area contributed by atoms with Crippen LogP contribution in [0.15, 0.2) is 60.2 Å². The molecule has 1 aliphatic rings. The summed E-state index contributed by atoms with van der Waals surface area (Å²) in [4.78, 5) is 41.4. The minimum atomic E-state index is -1.60. The van der Waals surface area contributed by atoms with Gasteiger partial charge in [0.2, 0.25) is 5.91 Å². The Kier molecular flexibility index (Phi) is 9.62. The number of hydrogen-bond acceptors (Lipinski definition) is 6. The summed E-state index contributed by atoms with van der Waals surface area (Å²) in [5.74, 6) is -1.22. The molecule has 0 spiro atoms. The zero-order valence-electron chi connectivity index (χ0n) is 22.5. The summed E-state index contributed by atoms with van der Waals surface area (Å²) in [5.41, 5.74) is 2.53. The molecule has 1 heterocycles. The number of hydrogen-bond donors (Lipinski definition) is 4. The highest BCUT2D eigenvalue weighted by atomic mass is 32.2. The van der Waals surface area contributed by atoms with E-state index in [1.54, 1.807) is 19.1 Å². The predicted octanol–water partition coefficient (Wildman–Crippen LogP) is 3.17. The fraction of sp³-hybridized carbons (Fsp3) is 0.414. The molecule has 0 aliphatic carbocycles. The number of allylic oxidation sites excluding steroid dienone is 1. The van der Waals surface area contributed by atoms with Gasteiger partial charge < -0.3 is 25.7 Å². The van der Waals surface area contributed by atoms with Crippen molar-refractivity contribution in [2.45, 2.75) is 64.0 Å². The van der Waals surface area contributed by atoms with Crippen LogP contribution in [0.4, 0.5) is 0 Å². The molecule has 2 aromatic carbocycles. The fourth-order valence-electron chi connectivity index (χ4n) is 4.43. The van der Waals surface area contributed by atoms with Crippen LogP contribution in [0.5, 0.6) is 5.75 Å². The van der Waals surface area contributed by atoms with Crippen LogP contribution in [0.1, 0.15) is 49.2 Å². The first-order valence-electron chi connectivity index (χ1n) is 12.6. The van der Waals surface area contributed by atoms with Crippen LogP contribution in [-0.2, 0) is 16.0 Å². The second-order valence-electron chi connectivity index (χ2n) is 10.3. The molecule has 8 nitrogen and oxygen atoms in total. The molecule has 3 amide bonds. The zero-order chi connectivity index (χ0) is 28.0. The normalized spacial score (nSPS) is 17.8. The van der Waals surface area contributed by atoms with Gasteiger partial charge in [-0.25, -0.2) is 0 Å². The van der Waals surface area contributed by atoms with Crippen LogP contribution < -0.4 is 10.6 Å². The summed E-state index contributed by atoms with van der Waals surface area (Å²) in [5, 5.41) is 27.1. The van der Waals surface area contributed by atoms with Crippen LogP contribution in [0, 0.1) is 6.92 Å². The van der Waals surface area contributed by atoms with Crippen LogP contribution >= 0.6 is 11.8 Å². The van der Waals surface area contributed by atoms with Gasteiger partial charge in [-0.3, -0.25) is 14.4 Å². The van der Waals surface area contributed by atoms with Gasteiger partial charge in [0.25, 0.3) is 11.8 Å². The highest BCUT2D eigenvalue weighted by Crippen LogP contribution is 2.39. The van der Waals surface area contributed by atoms with Crippen molar-refractivity contribution in [3.8, 4) is 5.75 Å². The van der Waals surface area contributed by atoms with Crippen LogP contribution in [-0.4, -0.2) is 68.2 Å². The Morgan fingerprint density at radius 2 is 1.82 bits per heavy atom. The number of carbonyl (C=O) groups excluding carboxylic acids is 3. The van der Waals surface area contributed by atoms with E-state index >= 15 is 0 Å². The highest BCUT2D eigenvalue weighted by Gasteiger charge is 2.49. The van der Waals surface area contributed by atoms with E-state index in [1.165, 1.54) is 22.7 Å². The van der Waals surface area contributed by atoms with Crippen molar-refractivity contribution in [3.05, 3.63) is 76.9 Å². The average Bonchev–Trinajstić information content (AvgIpc) is 3.19. The first kappa shape index (κ1) is 29.3. The Hall–Kier alpha value is -3.30. The molecule has 0 bridgehead atoms. The van der Waals surface area contributed by atoms with Crippen molar-refractivity contribution in [3.63, 3.8) is 0 Å². The molecular weight excluding hydrogens is 502 g/mol. The number of nitrogens with one attached hydrogen (secondary N) is 2. The van der Waals surface area contributed by atoms with Gasteiger partial charge in [-0.1, -0.05) is 48.0 Å². The third-order valence-corrected chi connectivity index (χ3v) is 8.04. The molecule has 4 N–H and O–H groups in total. The maximum absolute atomic E-state index is 13.7. The standard InChI is InChI=1S/C29H37N3O5S/c1-18(2)14-15-30-27(36)25-29(4,5)38-17-32(25)28(37)24(34)22(16-20-10-7-6-8-11-20)31-26(35)21-12-9-13-23(33)19(21)3/h6-14,22,24-25,33-34H,15-17H2,1-5H3,(H,30,36)(H,31,35). The number of carbonyl (C=O) groups is 3. The molecule has 1 aliphatic heterocycles. The smallest absolute Gasteiger partial charge is 0.254 e. The van der Waals surface area contributed by atoms with Crippen molar-refractivity contribution in [2.24, 2.45) is 0 Å². The first-order valence-corrected chi connectivity index (χ1v) is 13.6. The molecule has 9 heteroatoms. The number of aliphatic hydroxyl groups excluding tert-OH is 1. The number of rotatable bonds is 9. The van der Waals surface area contributed by atoms with Gasteiger partial charge in [0.15, 0.2) is 6.10 Å². The zero-order valence-corrected chi connectivity index (χ0v) is 23.3. The predicted molar refractivity (Wildman–Crippen MR) is 150 cm³/mol. The summed E-state index contributed by atoms with van der Waals surface area (Å²) in [6.45, 7) is 9.64. The second kappa shape index (κ2) is 12.5. The third-order valence-electron chi connectivity index (χ3n) is 6.66. The minimum Gasteiger partial charge on any atom is -0.508 e. The van der Waals surface area contributed by atoms with E-state index in [9.17, 15) is 24.6 Å². The number of thioether (sulfide) groups is 1. The lowest BCUT2D eigenvalue weighted by molar-refractivity contribution is -0.147. The SMILES string of the molecule is CC(C)=CCNC(=O)C1N(C(=O)C(O)C(Cc2ccccc2)NC(=O)c2cccc(O)c2C)CSC1(C)C. The summed E-state index contributed by atoms with van der Waals surface area (Å²) >= 11 is 1.46. The fourth-order valence-corrected chi connectivity index (χ4v) is 5.57. The Morgan fingerprint density at radius 1 is 1.13 bits per heavy atom. The highest BCUT2D eigenvalue weighted by molar-refractivity contribution is 8.00. The molecular formula is C29H37N3O5S. The molecule has 1 saturated heterocycles. The van der Waals surface area contributed by atoms with Crippen LogP contribution in [0.2, 0.25) is 0 Å². The molecule has 3 unspecified atom stereocenters. The number of phenols is 1. The summed E-state index contributed by atoms with van der Waals surface area (Å²) in [6.07, 6.45) is 0.487. The van der Waals surface area contributed by atoms with E-state index in [0.29, 0.717) is 12.1 Å². The molecule has 0 aromatic heterocycles. The maximum Gasteiger partial charge on any atom is 0.254 e. The Labute approximate surface area is 228 Å². The second-order valence-corrected chi connectivity index (χ2v) is 11.9. The summed E-state index contributed by atoms with van der Waals surface area (Å²) in [7, 11) is 0. The van der Waals surface area contributed by atoms with Crippen molar-refractivity contribution < 1.29 is 24.6 Å². The molecule has 2 aromatic rings. The first-order chi connectivity index (χ1) is 17.9. The lowest BCUT2D eigenvalue weighted by Gasteiger charge is -2.33. The quantitative estimate of drug-likeness (QED) is 0.364. The van der Waals surface area contributed by atoms with Crippen molar-refractivity contribution in [1.29, 1.82) is 0 Å². The monoisotopic (exact) mass is 539 g/mol. The van der Waals surface area contributed by atoms with Gasteiger partial charge in [-0.15, -0.1) is 11.8 Å². The van der Waals surface area contributed by atoms with E-state index in [0.717, 1.165) is 11.1 Å². The Balaban J connectivity index is 1.86. The van der Waals surface area contributed by atoms with Crippen LogP contribution in [0.25, 0.3) is 0 Å². The molecule has 0 radical (unpaired) electrons. The van der Waals surface area contributed by atoms with Crippen LogP contribution in [0.3, 0.4) is 0 Å². The summed E-state index contributed by atoms with van der Waals surface area (Å²) < 4.78 is -0.568. The minimum absolute atomic E-state index is 0.0211. The van der Waals surface area contributed by atoms with Crippen molar-refractivity contribution >= 4 is 29.5 Å². The largest absolute Gasteiger partial charge is 0.508 e. The third kappa shape index (κ3) is 6.96. The molecule has 204 valence electrons. The van der Waals surface area contributed by atoms with Crippen molar-refractivity contribution in [1.82, 2.24) is 15.5 Å². The van der Waals surface area contributed by atoms with Gasteiger partial charge in [0, 0.05) is 22.4 Å². The number of amides is 3. The summed E-state index contributed by atoms with van der Waals surface area (Å²) in [6, 6.07) is 12.1. The van der Waals surface area contributed by atoms with Gasteiger partial charge in [0.05, 0.1) is 11.9 Å². The van der Waals surface area contributed by atoms with Gasteiger partial charge >= 0.3 is 0 Å². The molecule has 0 saturated carbocycles. The number of nitrogens with zero attached hydrogens (tertiary/aromatic N) is 1. The molecule has 3 atom stereocenters.